The molecule has 1 atom stereocenters. The largest absolute Gasteiger partial charge is 0.497 e. The number of ether oxygens (including phenoxy) is 1. The van der Waals surface area contributed by atoms with Crippen LogP contribution in [0.5, 0.6) is 5.75 Å². The van der Waals surface area contributed by atoms with Crippen LogP contribution in [0.3, 0.4) is 0 Å². The summed E-state index contributed by atoms with van der Waals surface area (Å²) in [6, 6.07) is 9.00. The van der Waals surface area contributed by atoms with E-state index in [0.717, 1.165) is 25.3 Å². The van der Waals surface area contributed by atoms with E-state index in [2.05, 4.69) is 22.8 Å². The first-order valence-electron chi connectivity index (χ1n) is 6.95. The van der Waals surface area contributed by atoms with Gasteiger partial charge in [-0.3, -0.25) is 0 Å². The average Bonchev–Trinajstić information content (AvgIpc) is 2.45. The molecular formula is C15H24N2O. The highest BCUT2D eigenvalue weighted by Gasteiger charge is 2.10. The number of piperidine rings is 1. The fraction of sp³-hybridized carbons (Fsp3) is 0.600. The molecule has 0 saturated carbocycles. The zero-order valence-corrected chi connectivity index (χ0v) is 11.2. The molecule has 2 N–H and O–H groups in total. The molecule has 0 bridgehead atoms. The Morgan fingerprint density at radius 3 is 2.78 bits per heavy atom. The molecule has 1 aromatic carbocycles. The minimum absolute atomic E-state index is 0.676. The van der Waals surface area contributed by atoms with E-state index in [-0.39, 0.29) is 0 Å². The molecule has 1 heterocycles. The highest BCUT2D eigenvalue weighted by atomic mass is 16.5. The van der Waals surface area contributed by atoms with Crippen LogP contribution in [0.1, 0.15) is 24.8 Å². The van der Waals surface area contributed by atoms with Crippen LogP contribution < -0.4 is 15.4 Å². The summed E-state index contributed by atoms with van der Waals surface area (Å²) in [6.45, 7) is 3.32. The third kappa shape index (κ3) is 4.31. The second-order valence-corrected chi connectivity index (χ2v) is 4.95. The number of methoxy groups -OCH3 is 1. The molecule has 1 saturated heterocycles. The Kier molecular flexibility index (Phi) is 5.49. The summed E-state index contributed by atoms with van der Waals surface area (Å²) >= 11 is 0. The smallest absolute Gasteiger partial charge is 0.118 e. The molecule has 1 aliphatic rings. The Bertz CT molecular complexity index is 331. The van der Waals surface area contributed by atoms with Crippen LogP contribution in [-0.4, -0.2) is 32.8 Å². The normalized spacial score (nSPS) is 19.7. The van der Waals surface area contributed by atoms with Crippen LogP contribution in [0.4, 0.5) is 0 Å². The van der Waals surface area contributed by atoms with Crippen molar-refractivity contribution in [2.45, 2.75) is 31.7 Å². The monoisotopic (exact) mass is 248 g/mol. The average molecular weight is 248 g/mol. The predicted octanol–water partition coefficient (Wildman–Crippen LogP) is 1.97. The van der Waals surface area contributed by atoms with Crippen LogP contribution in [0.15, 0.2) is 24.3 Å². The lowest BCUT2D eigenvalue weighted by atomic mass is 10.1. The maximum atomic E-state index is 5.15. The number of benzene rings is 1. The van der Waals surface area contributed by atoms with Gasteiger partial charge in [0.25, 0.3) is 0 Å². The Hall–Kier alpha value is -1.06. The van der Waals surface area contributed by atoms with Gasteiger partial charge in [-0.25, -0.2) is 0 Å². The second kappa shape index (κ2) is 7.39. The van der Waals surface area contributed by atoms with E-state index in [1.807, 2.05) is 12.1 Å². The summed E-state index contributed by atoms with van der Waals surface area (Å²) in [6.07, 6.45) is 5.10. The van der Waals surface area contributed by atoms with E-state index < -0.39 is 0 Å². The first kappa shape index (κ1) is 13.4. The van der Waals surface area contributed by atoms with Crippen molar-refractivity contribution in [3.05, 3.63) is 29.8 Å². The van der Waals surface area contributed by atoms with Gasteiger partial charge in [-0.2, -0.15) is 0 Å². The molecule has 3 heteroatoms. The number of nitrogens with one attached hydrogen (secondary N) is 2. The van der Waals surface area contributed by atoms with Crippen molar-refractivity contribution in [1.29, 1.82) is 0 Å². The van der Waals surface area contributed by atoms with Crippen molar-refractivity contribution < 1.29 is 4.74 Å². The first-order valence-corrected chi connectivity index (χ1v) is 6.95. The van der Waals surface area contributed by atoms with E-state index in [0.29, 0.717) is 6.04 Å². The molecule has 0 aliphatic carbocycles. The Labute approximate surface area is 110 Å². The van der Waals surface area contributed by atoms with Gasteiger partial charge in [-0.15, -0.1) is 0 Å². The molecular weight excluding hydrogens is 224 g/mol. The van der Waals surface area contributed by atoms with Crippen LogP contribution in [0, 0.1) is 0 Å². The van der Waals surface area contributed by atoms with Gasteiger partial charge in [0, 0.05) is 12.6 Å². The molecule has 18 heavy (non-hydrogen) atoms. The Morgan fingerprint density at radius 2 is 2.11 bits per heavy atom. The Balaban J connectivity index is 1.62. The van der Waals surface area contributed by atoms with Crippen molar-refractivity contribution in [3.8, 4) is 5.75 Å². The molecule has 1 aromatic rings. The third-order valence-corrected chi connectivity index (χ3v) is 3.55. The van der Waals surface area contributed by atoms with Crippen molar-refractivity contribution in [2.24, 2.45) is 0 Å². The SMILES string of the molecule is COc1ccc(CCNCC2CCCCN2)cc1. The van der Waals surface area contributed by atoms with Gasteiger partial charge in [-0.05, 0) is 50.0 Å². The number of rotatable bonds is 6. The summed E-state index contributed by atoms with van der Waals surface area (Å²) in [5.74, 6) is 0.929. The molecule has 3 nitrogen and oxygen atoms in total. The van der Waals surface area contributed by atoms with Crippen LogP contribution in [0.25, 0.3) is 0 Å². The van der Waals surface area contributed by atoms with Crippen molar-refractivity contribution in [2.75, 3.05) is 26.7 Å². The summed E-state index contributed by atoms with van der Waals surface area (Å²) in [7, 11) is 1.70. The summed E-state index contributed by atoms with van der Waals surface area (Å²) in [5.41, 5.74) is 1.36. The van der Waals surface area contributed by atoms with Gasteiger partial charge in [0.1, 0.15) is 5.75 Å². The van der Waals surface area contributed by atoms with Gasteiger partial charge >= 0.3 is 0 Å². The molecule has 0 aromatic heterocycles. The minimum atomic E-state index is 0.676. The lowest BCUT2D eigenvalue weighted by Gasteiger charge is -2.23. The van der Waals surface area contributed by atoms with Gasteiger partial charge in [0.2, 0.25) is 0 Å². The van der Waals surface area contributed by atoms with Gasteiger partial charge in [-0.1, -0.05) is 18.6 Å². The van der Waals surface area contributed by atoms with E-state index in [1.54, 1.807) is 7.11 Å². The molecule has 0 spiro atoms. The zero-order valence-electron chi connectivity index (χ0n) is 11.2. The summed E-state index contributed by atoms with van der Waals surface area (Å²) in [4.78, 5) is 0. The highest BCUT2D eigenvalue weighted by molar-refractivity contribution is 5.27. The summed E-state index contributed by atoms with van der Waals surface area (Å²) < 4.78 is 5.15. The van der Waals surface area contributed by atoms with E-state index in [4.69, 9.17) is 4.74 Å². The molecule has 100 valence electrons. The summed E-state index contributed by atoms with van der Waals surface area (Å²) in [5, 5.41) is 7.09. The topological polar surface area (TPSA) is 33.3 Å². The Morgan fingerprint density at radius 1 is 1.28 bits per heavy atom. The fourth-order valence-electron chi connectivity index (χ4n) is 2.40. The quantitative estimate of drug-likeness (QED) is 0.755. The molecule has 0 radical (unpaired) electrons. The second-order valence-electron chi connectivity index (χ2n) is 4.95. The molecule has 1 aliphatic heterocycles. The highest BCUT2D eigenvalue weighted by Crippen LogP contribution is 2.11. The van der Waals surface area contributed by atoms with Gasteiger partial charge in [0.15, 0.2) is 0 Å². The molecule has 0 amide bonds. The maximum Gasteiger partial charge on any atom is 0.118 e. The minimum Gasteiger partial charge on any atom is -0.497 e. The maximum absolute atomic E-state index is 5.15. The lowest BCUT2D eigenvalue weighted by Crippen LogP contribution is -2.42. The number of hydrogen-bond donors (Lipinski definition) is 2. The van der Waals surface area contributed by atoms with Crippen LogP contribution >= 0.6 is 0 Å². The number of hydrogen-bond acceptors (Lipinski definition) is 3. The van der Waals surface area contributed by atoms with E-state index in [9.17, 15) is 0 Å². The first-order chi connectivity index (χ1) is 8.88. The van der Waals surface area contributed by atoms with Gasteiger partial charge < -0.3 is 15.4 Å². The van der Waals surface area contributed by atoms with E-state index in [1.165, 1.54) is 31.4 Å². The van der Waals surface area contributed by atoms with Crippen LogP contribution in [0.2, 0.25) is 0 Å². The molecule has 1 fully saturated rings. The predicted molar refractivity (Wildman–Crippen MR) is 75.2 cm³/mol. The zero-order chi connectivity index (χ0) is 12.6. The van der Waals surface area contributed by atoms with E-state index >= 15 is 0 Å². The third-order valence-electron chi connectivity index (χ3n) is 3.55. The van der Waals surface area contributed by atoms with Crippen LogP contribution in [-0.2, 0) is 6.42 Å². The van der Waals surface area contributed by atoms with Gasteiger partial charge in [0.05, 0.1) is 7.11 Å². The van der Waals surface area contributed by atoms with Crippen molar-refractivity contribution >= 4 is 0 Å². The lowest BCUT2D eigenvalue weighted by molar-refractivity contribution is 0.384. The molecule has 1 unspecified atom stereocenters. The van der Waals surface area contributed by atoms with Crippen molar-refractivity contribution in [3.63, 3.8) is 0 Å². The molecule has 2 rings (SSSR count). The van der Waals surface area contributed by atoms with Crippen molar-refractivity contribution in [1.82, 2.24) is 10.6 Å². The fourth-order valence-corrected chi connectivity index (χ4v) is 2.40. The standard InChI is InChI=1S/C15H24N2O/c1-18-15-7-5-13(6-8-15)9-11-16-12-14-4-2-3-10-17-14/h5-8,14,16-17H,2-4,9-12H2,1H3.